The van der Waals surface area contributed by atoms with Crippen molar-refractivity contribution in [2.75, 3.05) is 0 Å². The molecular weight excluding hydrogens is 228 g/mol. The molecule has 0 saturated heterocycles. The Morgan fingerprint density at radius 2 is 1.82 bits per heavy atom. The Morgan fingerprint density at radius 3 is 2.12 bits per heavy atom. The summed E-state index contributed by atoms with van der Waals surface area (Å²) in [6.07, 6.45) is 1.31. The molecule has 0 aromatic rings. The van der Waals surface area contributed by atoms with Crippen LogP contribution in [0.3, 0.4) is 0 Å². The highest BCUT2D eigenvalue weighted by Gasteiger charge is 2.39. The first kappa shape index (κ1) is 16.9. The maximum Gasteiger partial charge on any atom is 0.192 e. The smallest absolute Gasteiger partial charge is 0.192 e. The van der Waals surface area contributed by atoms with Gasteiger partial charge in [0.1, 0.15) is 0 Å². The predicted molar refractivity (Wildman–Crippen MR) is 77.8 cm³/mol. The number of hydrogen-bond acceptors (Lipinski definition) is 2. The quantitative estimate of drug-likeness (QED) is 0.574. The first-order valence-electron chi connectivity index (χ1n) is 6.52. The molecule has 0 spiro atoms. The molecule has 0 aliphatic carbocycles. The molecule has 0 aromatic carbocycles. The van der Waals surface area contributed by atoms with Crippen LogP contribution in [0.5, 0.6) is 0 Å². The van der Waals surface area contributed by atoms with Gasteiger partial charge in [0.15, 0.2) is 8.32 Å². The van der Waals surface area contributed by atoms with Crippen LogP contribution in [0.1, 0.15) is 47.5 Å². The van der Waals surface area contributed by atoms with Gasteiger partial charge >= 0.3 is 0 Å². The lowest BCUT2D eigenvalue weighted by atomic mass is 10.1. The molecule has 0 fully saturated rings. The molecule has 102 valence electrons. The fourth-order valence-electron chi connectivity index (χ4n) is 1.34. The maximum absolute atomic E-state index is 9.86. The van der Waals surface area contributed by atoms with Gasteiger partial charge in [-0.1, -0.05) is 39.8 Å². The third-order valence-electron chi connectivity index (χ3n) is 3.78. The molecular formula is C14H30O2Si. The van der Waals surface area contributed by atoms with Crippen LogP contribution >= 0.6 is 0 Å². The zero-order valence-electron chi connectivity index (χ0n) is 12.6. The van der Waals surface area contributed by atoms with E-state index >= 15 is 0 Å². The van der Waals surface area contributed by atoms with Crippen LogP contribution in [0.15, 0.2) is 12.2 Å². The van der Waals surface area contributed by atoms with Gasteiger partial charge in [-0.05, 0) is 31.5 Å². The van der Waals surface area contributed by atoms with E-state index < -0.39 is 14.4 Å². The molecule has 2 atom stereocenters. The normalized spacial score (nSPS) is 16.7. The Bertz CT molecular complexity index is 253. The van der Waals surface area contributed by atoms with E-state index in [9.17, 15) is 5.11 Å². The molecule has 0 rings (SSSR count). The second kappa shape index (κ2) is 6.16. The molecule has 0 saturated carbocycles. The van der Waals surface area contributed by atoms with E-state index in [1.165, 1.54) is 0 Å². The minimum Gasteiger partial charge on any atom is -0.414 e. The molecule has 2 unspecified atom stereocenters. The molecule has 2 nitrogen and oxygen atoms in total. The summed E-state index contributed by atoms with van der Waals surface area (Å²) in [4.78, 5) is 0. The molecule has 0 bridgehead atoms. The SMILES string of the molecule is C=C(C)C(O)CC(CC)O[Si](C)(C)C(C)(C)C. The summed E-state index contributed by atoms with van der Waals surface area (Å²) in [6, 6.07) is 0. The number of aliphatic hydroxyl groups excluding tert-OH is 1. The van der Waals surface area contributed by atoms with Crippen molar-refractivity contribution in [2.24, 2.45) is 0 Å². The fourth-order valence-corrected chi connectivity index (χ4v) is 2.79. The highest BCUT2D eigenvalue weighted by Crippen LogP contribution is 2.38. The monoisotopic (exact) mass is 258 g/mol. The standard InChI is InChI=1S/C14H30O2Si/c1-9-12(10-13(15)11(2)3)16-17(7,8)14(4,5)6/h12-13,15H,2,9-10H2,1,3-8H3. The van der Waals surface area contributed by atoms with E-state index in [0.29, 0.717) is 6.42 Å². The molecule has 0 aliphatic heterocycles. The number of rotatable bonds is 6. The summed E-state index contributed by atoms with van der Waals surface area (Å²) < 4.78 is 6.31. The zero-order chi connectivity index (χ0) is 13.9. The van der Waals surface area contributed by atoms with E-state index in [2.05, 4.69) is 47.4 Å². The van der Waals surface area contributed by atoms with Crippen molar-refractivity contribution in [3.8, 4) is 0 Å². The molecule has 0 aromatic heterocycles. The molecule has 17 heavy (non-hydrogen) atoms. The van der Waals surface area contributed by atoms with E-state index in [1.54, 1.807) is 0 Å². The van der Waals surface area contributed by atoms with Gasteiger partial charge < -0.3 is 9.53 Å². The first-order valence-corrected chi connectivity index (χ1v) is 9.43. The average Bonchev–Trinajstić information content (AvgIpc) is 2.14. The Labute approximate surface area is 108 Å². The first-order chi connectivity index (χ1) is 7.51. The van der Waals surface area contributed by atoms with Crippen LogP contribution < -0.4 is 0 Å². The third-order valence-corrected chi connectivity index (χ3v) is 8.31. The summed E-state index contributed by atoms with van der Waals surface area (Å²) in [5.74, 6) is 0. The van der Waals surface area contributed by atoms with Gasteiger partial charge in [-0.25, -0.2) is 0 Å². The van der Waals surface area contributed by atoms with Crippen molar-refractivity contribution >= 4 is 8.32 Å². The number of hydrogen-bond donors (Lipinski definition) is 1. The highest BCUT2D eigenvalue weighted by atomic mass is 28.4. The van der Waals surface area contributed by atoms with E-state index in [0.717, 1.165) is 12.0 Å². The summed E-state index contributed by atoms with van der Waals surface area (Å²) in [5, 5.41) is 10.1. The Morgan fingerprint density at radius 1 is 1.35 bits per heavy atom. The van der Waals surface area contributed by atoms with E-state index in [4.69, 9.17) is 4.43 Å². The Balaban J connectivity index is 4.56. The fraction of sp³-hybridized carbons (Fsp3) is 0.857. The van der Waals surface area contributed by atoms with Crippen molar-refractivity contribution in [3.05, 3.63) is 12.2 Å². The third kappa shape index (κ3) is 5.36. The second-order valence-electron chi connectivity index (χ2n) is 6.51. The lowest BCUT2D eigenvalue weighted by molar-refractivity contribution is 0.102. The molecule has 0 heterocycles. The minimum atomic E-state index is -1.73. The second-order valence-corrected chi connectivity index (χ2v) is 11.3. The summed E-state index contributed by atoms with van der Waals surface area (Å²) in [5.41, 5.74) is 0.822. The van der Waals surface area contributed by atoms with Gasteiger partial charge in [0.2, 0.25) is 0 Å². The van der Waals surface area contributed by atoms with Gasteiger partial charge in [0.05, 0.1) is 6.10 Å². The summed E-state index contributed by atoms with van der Waals surface area (Å²) in [6.45, 7) is 19.0. The minimum absolute atomic E-state index is 0.141. The topological polar surface area (TPSA) is 29.5 Å². The van der Waals surface area contributed by atoms with Crippen molar-refractivity contribution in [2.45, 2.75) is 77.8 Å². The Kier molecular flexibility index (Phi) is 6.12. The van der Waals surface area contributed by atoms with Crippen molar-refractivity contribution < 1.29 is 9.53 Å². The molecule has 0 amide bonds. The van der Waals surface area contributed by atoms with Crippen LogP contribution in [0.4, 0.5) is 0 Å². The molecule has 1 N–H and O–H groups in total. The van der Waals surface area contributed by atoms with Gasteiger partial charge in [-0.3, -0.25) is 0 Å². The number of aliphatic hydroxyl groups is 1. The molecule has 3 heteroatoms. The molecule has 0 radical (unpaired) electrons. The zero-order valence-corrected chi connectivity index (χ0v) is 13.6. The van der Waals surface area contributed by atoms with Crippen molar-refractivity contribution in [3.63, 3.8) is 0 Å². The van der Waals surface area contributed by atoms with Gasteiger partial charge in [-0.2, -0.15) is 0 Å². The van der Waals surface area contributed by atoms with Crippen LogP contribution in [0, 0.1) is 0 Å². The van der Waals surface area contributed by atoms with Crippen molar-refractivity contribution in [1.82, 2.24) is 0 Å². The summed E-state index contributed by atoms with van der Waals surface area (Å²) in [7, 11) is -1.73. The highest BCUT2D eigenvalue weighted by molar-refractivity contribution is 6.74. The lowest BCUT2D eigenvalue weighted by Crippen LogP contribution is -2.44. The molecule has 0 aliphatic rings. The lowest BCUT2D eigenvalue weighted by Gasteiger charge is -2.39. The van der Waals surface area contributed by atoms with Crippen LogP contribution in [0.2, 0.25) is 18.1 Å². The summed E-state index contributed by atoms with van der Waals surface area (Å²) >= 11 is 0. The van der Waals surface area contributed by atoms with Gasteiger partial charge in [0.25, 0.3) is 0 Å². The van der Waals surface area contributed by atoms with Crippen molar-refractivity contribution in [1.29, 1.82) is 0 Å². The van der Waals surface area contributed by atoms with Crippen LogP contribution in [-0.2, 0) is 4.43 Å². The average molecular weight is 258 g/mol. The maximum atomic E-state index is 9.86. The van der Waals surface area contributed by atoms with E-state index in [1.807, 2.05) is 6.92 Å². The van der Waals surface area contributed by atoms with E-state index in [-0.39, 0.29) is 11.1 Å². The predicted octanol–water partition coefficient (Wildman–Crippen LogP) is 4.11. The van der Waals surface area contributed by atoms with Crippen LogP contribution in [0.25, 0.3) is 0 Å². The van der Waals surface area contributed by atoms with Gasteiger partial charge in [0, 0.05) is 12.5 Å². The van der Waals surface area contributed by atoms with Gasteiger partial charge in [-0.15, -0.1) is 0 Å². The largest absolute Gasteiger partial charge is 0.414 e. The Hall–Kier alpha value is -0.123. The van der Waals surface area contributed by atoms with Crippen LogP contribution in [-0.4, -0.2) is 25.6 Å².